The maximum absolute atomic E-state index is 5.19. The summed E-state index contributed by atoms with van der Waals surface area (Å²) in [5.41, 5.74) is 1.42. The maximum atomic E-state index is 5.19. The smallest absolute Gasteiger partial charge is 0.118 e. The Kier molecular flexibility index (Phi) is 6.46. The third kappa shape index (κ3) is 4.64. The van der Waals surface area contributed by atoms with Crippen LogP contribution in [0.15, 0.2) is 36.4 Å². The molecular formula is C16H24O. The highest BCUT2D eigenvalue weighted by molar-refractivity contribution is 5.29. The van der Waals surface area contributed by atoms with Crippen molar-refractivity contribution in [2.75, 3.05) is 7.11 Å². The summed E-state index contributed by atoms with van der Waals surface area (Å²) >= 11 is 0. The number of rotatable bonds is 7. The van der Waals surface area contributed by atoms with Crippen molar-refractivity contribution >= 4 is 0 Å². The molecule has 1 unspecified atom stereocenters. The number of benzene rings is 1. The Bertz CT molecular complexity index is 324. The van der Waals surface area contributed by atoms with Crippen molar-refractivity contribution in [3.05, 3.63) is 42.0 Å². The van der Waals surface area contributed by atoms with E-state index in [1.54, 1.807) is 7.11 Å². The normalized spacial score (nSPS) is 12.9. The Morgan fingerprint density at radius 2 is 1.82 bits per heavy atom. The summed E-state index contributed by atoms with van der Waals surface area (Å²) in [6, 6.07) is 8.50. The zero-order valence-corrected chi connectivity index (χ0v) is 11.3. The van der Waals surface area contributed by atoms with Crippen LogP contribution >= 0.6 is 0 Å². The molecule has 0 radical (unpaired) electrons. The summed E-state index contributed by atoms with van der Waals surface area (Å²) in [6.45, 7) is 4.43. The summed E-state index contributed by atoms with van der Waals surface area (Å²) in [7, 11) is 1.71. The van der Waals surface area contributed by atoms with Crippen molar-refractivity contribution in [1.29, 1.82) is 0 Å². The number of methoxy groups -OCH3 is 1. The maximum Gasteiger partial charge on any atom is 0.118 e. The average Bonchev–Trinajstić information content (AvgIpc) is 2.38. The minimum Gasteiger partial charge on any atom is -0.497 e. The molecule has 17 heavy (non-hydrogen) atoms. The zero-order chi connectivity index (χ0) is 12.5. The summed E-state index contributed by atoms with van der Waals surface area (Å²) in [6.07, 6.45) is 9.32. The van der Waals surface area contributed by atoms with Gasteiger partial charge in [0, 0.05) is 0 Å². The molecule has 1 aromatic carbocycles. The third-order valence-electron chi connectivity index (χ3n) is 3.05. The molecule has 0 spiro atoms. The molecule has 0 fully saturated rings. The highest BCUT2D eigenvalue weighted by atomic mass is 16.5. The van der Waals surface area contributed by atoms with E-state index in [-0.39, 0.29) is 0 Å². The molecule has 1 atom stereocenters. The molecule has 0 saturated carbocycles. The second kappa shape index (κ2) is 7.94. The van der Waals surface area contributed by atoms with E-state index in [0.29, 0.717) is 5.92 Å². The van der Waals surface area contributed by atoms with Crippen LogP contribution in [0.3, 0.4) is 0 Å². The molecule has 0 bridgehead atoms. The van der Waals surface area contributed by atoms with Crippen molar-refractivity contribution in [3.8, 4) is 5.75 Å². The highest BCUT2D eigenvalue weighted by Crippen LogP contribution is 2.27. The van der Waals surface area contributed by atoms with Crippen LogP contribution in [-0.2, 0) is 0 Å². The lowest BCUT2D eigenvalue weighted by Gasteiger charge is -2.15. The Morgan fingerprint density at radius 3 is 2.35 bits per heavy atom. The van der Waals surface area contributed by atoms with Gasteiger partial charge in [-0.3, -0.25) is 0 Å². The summed E-state index contributed by atoms with van der Waals surface area (Å²) in [5.74, 6) is 1.59. The van der Waals surface area contributed by atoms with Crippen molar-refractivity contribution in [2.45, 2.75) is 45.4 Å². The van der Waals surface area contributed by atoms with Crippen molar-refractivity contribution in [1.82, 2.24) is 0 Å². The van der Waals surface area contributed by atoms with Crippen LogP contribution in [-0.4, -0.2) is 7.11 Å². The molecule has 0 amide bonds. The highest BCUT2D eigenvalue weighted by Gasteiger charge is 2.08. The first kappa shape index (κ1) is 13.8. The van der Waals surface area contributed by atoms with Crippen molar-refractivity contribution in [3.63, 3.8) is 0 Å². The standard InChI is InChI=1S/C16H24O/c1-4-6-7-9-14(8-5-2)15-10-12-16(17-3)13-11-15/h6-7,10-14H,4-5,8-9H2,1-3H3/b7-6-. The van der Waals surface area contributed by atoms with Gasteiger partial charge in [-0.25, -0.2) is 0 Å². The second-order valence-corrected chi connectivity index (χ2v) is 4.37. The van der Waals surface area contributed by atoms with Gasteiger partial charge in [0.25, 0.3) is 0 Å². The molecule has 0 aromatic heterocycles. The molecule has 0 saturated heterocycles. The lowest BCUT2D eigenvalue weighted by molar-refractivity contribution is 0.414. The molecule has 1 rings (SSSR count). The van der Waals surface area contributed by atoms with Crippen LogP contribution in [0.25, 0.3) is 0 Å². The van der Waals surface area contributed by atoms with E-state index in [4.69, 9.17) is 4.74 Å². The topological polar surface area (TPSA) is 9.23 Å². The minimum atomic E-state index is 0.647. The van der Waals surface area contributed by atoms with Crippen LogP contribution in [0, 0.1) is 0 Å². The molecule has 94 valence electrons. The van der Waals surface area contributed by atoms with Gasteiger partial charge < -0.3 is 4.74 Å². The largest absolute Gasteiger partial charge is 0.497 e. The Hall–Kier alpha value is -1.24. The predicted octanol–water partition coefficient (Wildman–Crippen LogP) is 4.94. The van der Waals surface area contributed by atoms with Gasteiger partial charge in [0.2, 0.25) is 0 Å². The summed E-state index contributed by atoms with van der Waals surface area (Å²) < 4.78 is 5.19. The van der Waals surface area contributed by atoms with Gasteiger partial charge in [0.15, 0.2) is 0 Å². The quantitative estimate of drug-likeness (QED) is 0.605. The second-order valence-electron chi connectivity index (χ2n) is 4.37. The molecule has 1 nitrogen and oxygen atoms in total. The molecule has 0 heterocycles. The van der Waals surface area contributed by atoms with Gasteiger partial charge in [-0.15, -0.1) is 0 Å². The summed E-state index contributed by atoms with van der Waals surface area (Å²) in [5, 5.41) is 0. The van der Waals surface area contributed by atoms with Gasteiger partial charge in [-0.1, -0.05) is 44.6 Å². The Morgan fingerprint density at radius 1 is 1.12 bits per heavy atom. The minimum absolute atomic E-state index is 0.647. The molecule has 1 aromatic rings. The monoisotopic (exact) mass is 232 g/mol. The number of allylic oxidation sites excluding steroid dienone is 2. The first-order valence-corrected chi connectivity index (χ1v) is 6.60. The van der Waals surface area contributed by atoms with E-state index in [2.05, 4.69) is 50.3 Å². The SMILES string of the molecule is CC/C=C\CC(CCC)c1ccc(OC)cc1. The molecule has 0 aliphatic carbocycles. The van der Waals surface area contributed by atoms with E-state index in [0.717, 1.165) is 18.6 Å². The Labute approximate surface area is 106 Å². The van der Waals surface area contributed by atoms with Gasteiger partial charge in [-0.05, 0) is 42.9 Å². The van der Waals surface area contributed by atoms with Gasteiger partial charge in [0.1, 0.15) is 5.75 Å². The van der Waals surface area contributed by atoms with Crippen LogP contribution in [0.4, 0.5) is 0 Å². The summed E-state index contributed by atoms with van der Waals surface area (Å²) in [4.78, 5) is 0. The Balaban J connectivity index is 2.70. The van der Waals surface area contributed by atoms with Crippen LogP contribution in [0.2, 0.25) is 0 Å². The first-order chi connectivity index (χ1) is 8.31. The van der Waals surface area contributed by atoms with E-state index < -0.39 is 0 Å². The molecule has 0 N–H and O–H groups in total. The molecule has 0 aliphatic heterocycles. The van der Waals surface area contributed by atoms with E-state index in [1.807, 2.05) is 0 Å². The number of hydrogen-bond acceptors (Lipinski definition) is 1. The lowest BCUT2D eigenvalue weighted by Crippen LogP contribution is -1.97. The lowest BCUT2D eigenvalue weighted by atomic mass is 9.91. The fourth-order valence-corrected chi connectivity index (χ4v) is 2.07. The molecular weight excluding hydrogens is 208 g/mol. The van der Waals surface area contributed by atoms with Crippen molar-refractivity contribution < 1.29 is 4.74 Å². The van der Waals surface area contributed by atoms with E-state index in [1.165, 1.54) is 18.4 Å². The van der Waals surface area contributed by atoms with Gasteiger partial charge in [0.05, 0.1) is 7.11 Å². The average molecular weight is 232 g/mol. The van der Waals surface area contributed by atoms with Crippen molar-refractivity contribution in [2.24, 2.45) is 0 Å². The van der Waals surface area contributed by atoms with Crippen LogP contribution in [0.1, 0.15) is 51.0 Å². The van der Waals surface area contributed by atoms with E-state index in [9.17, 15) is 0 Å². The number of ether oxygens (including phenoxy) is 1. The van der Waals surface area contributed by atoms with Gasteiger partial charge >= 0.3 is 0 Å². The van der Waals surface area contributed by atoms with Crippen LogP contribution in [0.5, 0.6) is 5.75 Å². The molecule has 0 aliphatic rings. The number of hydrogen-bond donors (Lipinski definition) is 0. The predicted molar refractivity (Wildman–Crippen MR) is 74.7 cm³/mol. The zero-order valence-electron chi connectivity index (χ0n) is 11.3. The van der Waals surface area contributed by atoms with Gasteiger partial charge in [-0.2, -0.15) is 0 Å². The molecule has 1 heteroatoms. The van der Waals surface area contributed by atoms with E-state index >= 15 is 0 Å². The third-order valence-corrected chi connectivity index (χ3v) is 3.05. The fourth-order valence-electron chi connectivity index (χ4n) is 2.07. The van der Waals surface area contributed by atoms with Crippen LogP contribution < -0.4 is 4.74 Å². The first-order valence-electron chi connectivity index (χ1n) is 6.60. The fraction of sp³-hybridized carbons (Fsp3) is 0.500.